The predicted molar refractivity (Wildman–Crippen MR) is 107 cm³/mol. The van der Waals surface area contributed by atoms with Crippen LogP contribution < -0.4 is 5.32 Å². The average Bonchev–Trinajstić information content (AvgIpc) is 3.27. The number of amides is 1. The normalized spacial score (nSPS) is 17.1. The van der Waals surface area contributed by atoms with Gasteiger partial charge in [-0.15, -0.1) is 0 Å². The number of aromatic carboxylic acids is 1. The van der Waals surface area contributed by atoms with Gasteiger partial charge in [0.15, 0.2) is 0 Å². The second-order valence-corrected chi connectivity index (χ2v) is 7.22. The van der Waals surface area contributed by atoms with Crippen molar-refractivity contribution >= 4 is 28.6 Å². The number of fused-ring (bicyclic) bond motifs is 1. The van der Waals surface area contributed by atoms with Crippen molar-refractivity contribution < 1.29 is 14.7 Å². The number of carbonyl (C=O) groups excluding carboxylic acids is 1. The second-order valence-electron chi connectivity index (χ2n) is 7.22. The molecule has 1 fully saturated rings. The minimum Gasteiger partial charge on any atom is -0.478 e. The first-order valence-electron chi connectivity index (χ1n) is 9.37. The summed E-state index contributed by atoms with van der Waals surface area (Å²) in [7, 11) is 0. The Labute approximate surface area is 162 Å². The third kappa shape index (κ3) is 3.75. The van der Waals surface area contributed by atoms with Gasteiger partial charge in [-0.2, -0.15) is 0 Å². The number of carboxylic acids is 1. The lowest BCUT2D eigenvalue weighted by Gasteiger charge is -2.19. The highest BCUT2D eigenvalue weighted by molar-refractivity contribution is 6.06. The average molecular weight is 378 g/mol. The van der Waals surface area contributed by atoms with E-state index in [-0.39, 0.29) is 11.5 Å². The molecule has 3 N–H and O–H groups in total. The van der Waals surface area contributed by atoms with Crippen molar-refractivity contribution in [2.75, 3.05) is 11.9 Å². The SMILES string of the molecule is C[C@H]1CCCN1Cc1nc2cc(NC(=O)c3cccc(C(=O)O)c3)ccc2[nH]1. The smallest absolute Gasteiger partial charge is 0.335 e. The van der Waals surface area contributed by atoms with E-state index in [9.17, 15) is 9.59 Å². The first kappa shape index (κ1) is 18.2. The number of hydrogen-bond donors (Lipinski definition) is 3. The largest absolute Gasteiger partial charge is 0.478 e. The molecule has 1 aliphatic heterocycles. The van der Waals surface area contributed by atoms with Crippen LogP contribution in [0, 0.1) is 0 Å². The first-order valence-corrected chi connectivity index (χ1v) is 9.37. The molecule has 0 saturated carbocycles. The Morgan fingerprint density at radius 3 is 2.82 bits per heavy atom. The van der Waals surface area contributed by atoms with Crippen LogP contribution in [0.2, 0.25) is 0 Å². The maximum atomic E-state index is 12.5. The minimum atomic E-state index is -1.06. The van der Waals surface area contributed by atoms with Crippen LogP contribution in [0.5, 0.6) is 0 Å². The zero-order valence-electron chi connectivity index (χ0n) is 15.6. The number of aromatic amines is 1. The lowest BCUT2D eigenvalue weighted by atomic mass is 10.1. The Kier molecular flexibility index (Phi) is 4.83. The number of anilines is 1. The molecular weight excluding hydrogens is 356 g/mol. The number of imidazole rings is 1. The van der Waals surface area contributed by atoms with Crippen LogP contribution in [0.4, 0.5) is 5.69 Å². The summed E-state index contributed by atoms with van der Waals surface area (Å²) in [6, 6.07) is 12.1. The van der Waals surface area contributed by atoms with E-state index in [1.54, 1.807) is 12.1 Å². The fourth-order valence-corrected chi connectivity index (χ4v) is 3.63. The number of nitrogens with zero attached hydrogens (tertiary/aromatic N) is 2. The van der Waals surface area contributed by atoms with Crippen molar-refractivity contribution in [3.63, 3.8) is 0 Å². The van der Waals surface area contributed by atoms with E-state index in [1.807, 2.05) is 18.2 Å². The Morgan fingerprint density at radius 1 is 1.25 bits per heavy atom. The molecule has 7 heteroatoms. The van der Waals surface area contributed by atoms with Gasteiger partial charge >= 0.3 is 5.97 Å². The molecule has 3 aromatic rings. The molecule has 2 aromatic carbocycles. The summed E-state index contributed by atoms with van der Waals surface area (Å²) in [6.45, 7) is 4.12. The van der Waals surface area contributed by atoms with E-state index >= 15 is 0 Å². The maximum absolute atomic E-state index is 12.5. The van der Waals surface area contributed by atoms with Gasteiger partial charge < -0.3 is 15.4 Å². The van der Waals surface area contributed by atoms with Crippen LogP contribution in [0.3, 0.4) is 0 Å². The number of carbonyl (C=O) groups is 2. The Balaban J connectivity index is 1.50. The van der Waals surface area contributed by atoms with Crippen molar-refractivity contribution in [2.24, 2.45) is 0 Å². The van der Waals surface area contributed by atoms with Crippen molar-refractivity contribution in [2.45, 2.75) is 32.4 Å². The zero-order valence-corrected chi connectivity index (χ0v) is 15.6. The molecular formula is C21H22N4O3. The summed E-state index contributed by atoms with van der Waals surface area (Å²) in [5.41, 5.74) is 2.71. The van der Waals surface area contributed by atoms with Crippen LogP contribution in [-0.4, -0.2) is 44.4 Å². The molecule has 0 unspecified atom stereocenters. The van der Waals surface area contributed by atoms with Gasteiger partial charge in [-0.3, -0.25) is 9.69 Å². The highest BCUT2D eigenvalue weighted by Crippen LogP contribution is 2.22. The molecule has 0 aliphatic carbocycles. The van der Waals surface area contributed by atoms with Gasteiger partial charge in [0.25, 0.3) is 5.91 Å². The molecule has 144 valence electrons. The van der Waals surface area contributed by atoms with Gasteiger partial charge in [0.05, 0.1) is 23.1 Å². The fraction of sp³-hybridized carbons (Fsp3) is 0.286. The lowest BCUT2D eigenvalue weighted by Crippen LogP contribution is -2.26. The number of hydrogen-bond acceptors (Lipinski definition) is 4. The lowest BCUT2D eigenvalue weighted by molar-refractivity contribution is 0.0697. The fourth-order valence-electron chi connectivity index (χ4n) is 3.63. The number of likely N-dealkylation sites (tertiary alicyclic amines) is 1. The third-order valence-corrected chi connectivity index (χ3v) is 5.21. The number of aromatic nitrogens is 2. The zero-order chi connectivity index (χ0) is 19.7. The Bertz CT molecular complexity index is 1040. The molecule has 1 amide bonds. The predicted octanol–water partition coefficient (Wildman–Crippen LogP) is 3.50. The van der Waals surface area contributed by atoms with E-state index in [2.05, 4.69) is 27.1 Å². The summed E-state index contributed by atoms with van der Waals surface area (Å²) >= 11 is 0. The van der Waals surface area contributed by atoms with Crippen LogP contribution >= 0.6 is 0 Å². The van der Waals surface area contributed by atoms with E-state index in [1.165, 1.54) is 25.0 Å². The molecule has 1 atom stereocenters. The van der Waals surface area contributed by atoms with E-state index in [0.29, 0.717) is 17.3 Å². The van der Waals surface area contributed by atoms with Gasteiger partial charge in [0, 0.05) is 17.3 Å². The third-order valence-electron chi connectivity index (χ3n) is 5.21. The summed E-state index contributed by atoms with van der Waals surface area (Å²) in [5, 5.41) is 11.9. The summed E-state index contributed by atoms with van der Waals surface area (Å²) < 4.78 is 0. The second kappa shape index (κ2) is 7.44. The molecule has 2 heterocycles. The summed E-state index contributed by atoms with van der Waals surface area (Å²) in [6.07, 6.45) is 2.44. The molecule has 0 radical (unpaired) electrons. The van der Waals surface area contributed by atoms with Crippen molar-refractivity contribution in [3.05, 3.63) is 59.4 Å². The minimum absolute atomic E-state index is 0.0798. The number of benzene rings is 2. The Morgan fingerprint density at radius 2 is 2.07 bits per heavy atom. The molecule has 0 spiro atoms. The number of H-pyrrole nitrogens is 1. The monoisotopic (exact) mass is 378 g/mol. The molecule has 1 aromatic heterocycles. The molecule has 28 heavy (non-hydrogen) atoms. The molecule has 4 rings (SSSR count). The van der Waals surface area contributed by atoms with E-state index in [0.717, 1.165) is 29.9 Å². The maximum Gasteiger partial charge on any atom is 0.335 e. The van der Waals surface area contributed by atoms with Gasteiger partial charge in [-0.1, -0.05) is 6.07 Å². The highest BCUT2D eigenvalue weighted by Gasteiger charge is 2.21. The summed E-state index contributed by atoms with van der Waals surface area (Å²) in [4.78, 5) is 34.0. The number of rotatable bonds is 5. The molecule has 1 aliphatic rings. The summed E-state index contributed by atoms with van der Waals surface area (Å²) in [5.74, 6) is -0.502. The van der Waals surface area contributed by atoms with E-state index in [4.69, 9.17) is 5.11 Å². The molecule has 7 nitrogen and oxygen atoms in total. The van der Waals surface area contributed by atoms with Crippen LogP contribution in [-0.2, 0) is 6.54 Å². The topological polar surface area (TPSA) is 98.3 Å². The first-order chi connectivity index (χ1) is 13.5. The van der Waals surface area contributed by atoms with Crippen molar-refractivity contribution in [1.82, 2.24) is 14.9 Å². The standard InChI is InChI=1S/C21H22N4O3/c1-13-4-3-9-25(13)12-19-23-17-8-7-16(11-18(17)24-19)22-20(26)14-5-2-6-15(10-14)21(27)28/h2,5-8,10-11,13H,3-4,9,12H2,1H3,(H,22,26)(H,23,24)(H,27,28)/t13-/m0/s1. The number of nitrogens with one attached hydrogen (secondary N) is 2. The van der Waals surface area contributed by atoms with Crippen LogP contribution in [0.15, 0.2) is 42.5 Å². The van der Waals surface area contributed by atoms with Gasteiger partial charge in [-0.05, 0) is 62.7 Å². The van der Waals surface area contributed by atoms with Gasteiger partial charge in [-0.25, -0.2) is 9.78 Å². The molecule has 1 saturated heterocycles. The molecule has 0 bridgehead atoms. The van der Waals surface area contributed by atoms with Crippen molar-refractivity contribution in [3.8, 4) is 0 Å². The quantitative estimate of drug-likeness (QED) is 0.631. The van der Waals surface area contributed by atoms with Gasteiger partial charge in [0.2, 0.25) is 0 Å². The van der Waals surface area contributed by atoms with Crippen LogP contribution in [0.1, 0.15) is 46.3 Å². The van der Waals surface area contributed by atoms with Crippen molar-refractivity contribution in [1.29, 1.82) is 0 Å². The van der Waals surface area contributed by atoms with Crippen LogP contribution in [0.25, 0.3) is 11.0 Å². The number of carboxylic acid groups (broad SMARTS) is 1. The highest BCUT2D eigenvalue weighted by atomic mass is 16.4. The van der Waals surface area contributed by atoms with Gasteiger partial charge in [0.1, 0.15) is 5.82 Å². The van der Waals surface area contributed by atoms with E-state index < -0.39 is 5.97 Å². The Hall–Kier alpha value is -3.19.